The molecule has 17 heavy (non-hydrogen) atoms. The second kappa shape index (κ2) is 5.31. The molecular weight excluding hydrogens is 315 g/mol. The van der Waals surface area contributed by atoms with Gasteiger partial charge in [0.25, 0.3) is 0 Å². The van der Waals surface area contributed by atoms with Crippen LogP contribution in [0.3, 0.4) is 0 Å². The van der Waals surface area contributed by atoms with Crippen LogP contribution in [0.2, 0.25) is 0 Å². The van der Waals surface area contributed by atoms with Crippen molar-refractivity contribution in [2.75, 3.05) is 11.2 Å². The third kappa shape index (κ3) is 3.39. The van der Waals surface area contributed by atoms with Crippen molar-refractivity contribution in [3.63, 3.8) is 0 Å². The molecule has 0 radical (unpaired) electrons. The summed E-state index contributed by atoms with van der Waals surface area (Å²) in [7, 11) is 0. The van der Waals surface area contributed by atoms with Gasteiger partial charge in [-0.25, -0.2) is 8.78 Å². The Morgan fingerprint density at radius 2 is 2.00 bits per heavy atom. The number of carbonyl (C=O) groups excluding carboxylic acids is 1. The van der Waals surface area contributed by atoms with Gasteiger partial charge in [-0.2, -0.15) is 0 Å². The molecule has 0 aromatic heterocycles. The van der Waals surface area contributed by atoms with E-state index in [2.05, 4.69) is 21.2 Å². The largest absolute Gasteiger partial charge is 0.323 e. The van der Waals surface area contributed by atoms with Crippen LogP contribution in [0.15, 0.2) is 16.6 Å². The van der Waals surface area contributed by atoms with Crippen LogP contribution >= 0.6 is 27.5 Å². The summed E-state index contributed by atoms with van der Waals surface area (Å²) in [4.78, 5) is 11.7. The Morgan fingerprint density at radius 3 is 2.53 bits per heavy atom. The van der Waals surface area contributed by atoms with Gasteiger partial charge in [0, 0.05) is 11.9 Å². The number of anilines is 1. The maximum Gasteiger partial charge on any atom is 0.231 e. The molecule has 0 fully saturated rings. The van der Waals surface area contributed by atoms with Crippen molar-refractivity contribution in [2.24, 2.45) is 5.41 Å². The SMILES string of the molecule is CC(C)(CCl)C(=O)Nc1cc(F)c(Br)cc1F. The first kappa shape index (κ1) is 14.4. The fourth-order valence-electron chi connectivity index (χ4n) is 0.971. The third-order valence-electron chi connectivity index (χ3n) is 2.21. The molecule has 1 aromatic carbocycles. The Kier molecular flexibility index (Phi) is 4.49. The lowest BCUT2D eigenvalue weighted by Crippen LogP contribution is -2.32. The number of hydrogen-bond acceptors (Lipinski definition) is 1. The Bertz CT molecular complexity index is 451. The molecule has 0 bridgehead atoms. The van der Waals surface area contributed by atoms with Gasteiger partial charge in [0.1, 0.15) is 11.6 Å². The number of carbonyl (C=O) groups is 1. The molecule has 0 unspecified atom stereocenters. The van der Waals surface area contributed by atoms with Gasteiger partial charge in [-0.15, -0.1) is 11.6 Å². The highest BCUT2D eigenvalue weighted by Crippen LogP contribution is 2.26. The van der Waals surface area contributed by atoms with E-state index < -0.39 is 23.0 Å². The van der Waals surface area contributed by atoms with Crippen LogP contribution in [0.4, 0.5) is 14.5 Å². The summed E-state index contributed by atoms with van der Waals surface area (Å²) in [5.41, 5.74) is -1.05. The molecule has 0 spiro atoms. The van der Waals surface area contributed by atoms with Crippen LogP contribution in [-0.2, 0) is 4.79 Å². The highest BCUT2D eigenvalue weighted by molar-refractivity contribution is 9.10. The first-order valence-electron chi connectivity index (χ1n) is 4.80. The van der Waals surface area contributed by atoms with Crippen LogP contribution < -0.4 is 5.32 Å². The van der Waals surface area contributed by atoms with E-state index in [4.69, 9.17) is 11.6 Å². The van der Waals surface area contributed by atoms with Gasteiger partial charge in [0.2, 0.25) is 5.91 Å². The molecule has 94 valence electrons. The van der Waals surface area contributed by atoms with Crippen molar-refractivity contribution in [1.82, 2.24) is 0 Å². The van der Waals surface area contributed by atoms with E-state index in [-0.39, 0.29) is 16.0 Å². The second-order valence-electron chi connectivity index (χ2n) is 4.22. The summed E-state index contributed by atoms with van der Waals surface area (Å²) < 4.78 is 26.6. The minimum atomic E-state index is -0.850. The van der Waals surface area contributed by atoms with Crippen LogP contribution in [0.25, 0.3) is 0 Å². The lowest BCUT2D eigenvalue weighted by Gasteiger charge is -2.20. The number of alkyl halides is 1. The number of amides is 1. The molecule has 1 amide bonds. The van der Waals surface area contributed by atoms with Crippen molar-refractivity contribution in [3.05, 3.63) is 28.2 Å². The van der Waals surface area contributed by atoms with Crippen LogP contribution in [0.1, 0.15) is 13.8 Å². The number of benzene rings is 1. The predicted molar refractivity (Wildman–Crippen MR) is 67.2 cm³/mol. The van der Waals surface area contributed by atoms with Gasteiger partial charge >= 0.3 is 0 Å². The van der Waals surface area contributed by atoms with Crippen molar-refractivity contribution in [3.8, 4) is 0 Å². The fourth-order valence-corrected chi connectivity index (χ4v) is 1.41. The maximum atomic E-state index is 13.4. The Labute approximate surface area is 111 Å². The predicted octanol–water partition coefficient (Wildman–Crippen LogP) is 3.93. The van der Waals surface area contributed by atoms with Crippen LogP contribution in [-0.4, -0.2) is 11.8 Å². The van der Waals surface area contributed by atoms with E-state index in [0.29, 0.717) is 0 Å². The number of nitrogens with one attached hydrogen (secondary N) is 1. The van der Waals surface area contributed by atoms with Crippen molar-refractivity contribution in [2.45, 2.75) is 13.8 Å². The summed E-state index contributed by atoms with van der Waals surface area (Å²) in [6.07, 6.45) is 0. The molecule has 6 heteroatoms. The average molecular weight is 327 g/mol. The smallest absolute Gasteiger partial charge is 0.231 e. The molecule has 0 aliphatic rings. The summed E-state index contributed by atoms with van der Waals surface area (Å²) in [6.45, 7) is 3.23. The second-order valence-corrected chi connectivity index (χ2v) is 5.34. The summed E-state index contributed by atoms with van der Waals surface area (Å²) >= 11 is 8.47. The Hall–Kier alpha value is -0.680. The van der Waals surface area contributed by atoms with Crippen molar-refractivity contribution in [1.29, 1.82) is 0 Å². The molecule has 0 heterocycles. The van der Waals surface area contributed by atoms with Gasteiger partial charge < -0.3 is 5.32 Å². The van der Waals surface area contributed by atoms with Crippen molar-refractivity contribution < 1.29 is 13.6 Å². The normalized spacial score (nSPS) is 11.4. The zero-order valence-corrected chi connectivity index (χ0v) is 11.6. The minimum Gasteiger partial charge on any atom is -0.323 e. The molecule has 0 saturated carbocycles. The van der Waals surface area contributed by atoms with Gasteiger partial charge in [-0.3, -0.25) is 4.79 Å². The topological polar surface area (TPSA) is 29.1 Å². The van der Waals surface area contributed by atoms with Gasteiger partial charge in [-0.05, 0) is 35.8 Å². The zero-order valence-electron chi connectivity index (χ0n) is 9.28. The first-order valence-corrected chi connectivity index (χ1v) is 6.12. The highest BCUT2D eigenvalue weighted by atomic mass is 79.9. The van der Waals surface area contributed by atoms with E-state index in [1.807, 2.05) is 0 Å². The fraction of sp³-hybridized carbons (Fsp3) is 0.364. The molecule has 1 aromatic rings. The molecule has 2 nitrogen and oxygen atoms in total. The average Bonchev–Trinajstić information content (AvgIpc) is 2.25. The zero-order chi connectivity index (χ0) is 13.2. The van der Waals surface area contributed by atoms with E-state index in [0.717, 1.165) is 12.1 Å². The monoisotopic (exact) mass is 325 g/mol. The molecule has 0 aliphatic heterocycles. The van der Waals surface area contributed by atoms with Crippen LogP contribution in [0, 0.1) is 17.0 Å². The standard InChI is InChI=1S/C11H11BrClF2NO/c1-11(2,5-13)10(17)16-9-4-7(14)6(12)3-8(9)15/h3-4H,5H2,1-2H3,(H,16,17). The maximum absolute atomic E-state index is 13.4. The first-order chi connectivity index (χ1) is 7.77. The van der Waals surface area contributed by atoms with Gasteiger partial charge in [-0.1, -0.05) is 0 Å². The third-order valence-corrected chi connectivity index (χ3v) is 3.48. The van der Waals surface area contributed by atoms with E-state index in [1.165, 1.54) is 0 Å². The summed E-state index contributed by atoms with van der Waals surface area (Å²) in [5, 5.41) is 2.31. The molecule has 1 N–H and O–H groups in total. The molecule has 1 rings (SSSR count). The van der Waals surface area contributed by atoms with Gasteiger partial charge in [0.15, 0.2) is 0 Å². The number of rotatable bonds is 3. The van der Waals surface area contributed by atoms with E-state index >= 15 is 0 Å². The van der Waals surface area contributed by atoms with Crippen molar-refractivity contribution >= 4 is 39.1 Å². The van der Waals surface area contributed by atoms with E-state index in [1.54, 1.807) is 13.8 Å². The summed E-state index contributed by atoms with van der Waals surface area (Å²) in [5.74, 6) is -1.74. The summed E-state index contributed by atoms with van der Waals surface area (Å²) in [6, 6.07) is 1.88. The Balaban J connectivity index is 2.97. The quantitative estimate of drug-likeness (QED) is 0.662. The van der Waals surface area contributed by atoms with Gasteiger partial charge in [0.05, 0.1) is 15.6 Å². The number of halogens is 4. The van der Waals surface area contributed by atoms with E-state index in [9.17, 15) is 13.6 Å². The Morgan fingerprint density at radius 1 is 1.41 bits per heavy atom. The van der Waals surface area contributed by atoms with Crippen LogP contribution in [0.5, 0.6) is 0 Å². The molecule has 0 saturated heterocycles. The highest BCUT2D eigenvalue weighted by Gasteiger charge is 2.27. The molecule has 0 aliphatic carbocycles. The molecular formula is C11H11BrClF2NO. The minimum absolute atomic E-state index is 0.00426. The lowest BCUT2D eigenvalue weighted by molar-refractivity contribution is -0.123. The lowest BCUT2D eigenvalue weighted by atomic mass is 9.95. The number of hydrogen-bond donors (Lipinski definition) is 1. The molecule has 0 atom stereocenters.